The second-order valence-corrected chi connectivity index (χ2v) is 12.3. The monoisotopic (exact) mass is 629 g/mol. The summed E-state index contributed by atoms with van der Waals surface area (Å²) in [5.41, 5.74) is 0.600. The Labute approximate surface area is 243 Å². The smallest absolute Gasteiger partial charge is 0.244 e. The molecule has 0 aliphatic carbocycles. The molecular weight excluding hydrogens is 604 g/mol. The van der Waals surface area contributed by atoms with Crippen LogP contribution in [0.3, 0.4) is 0 Å². The van der Waals surface area contributed by atoms with Gasteiger partial charge in [0.15, 0.2) is 0 Å². The SMILES string of the molecule is CCCCNC(=O)[C@H](CC)N(Cc1ccc(Cl)c(Cl)c1)C(=O)CN(c1cc(Cl)c(Cl)cc1Cl)S(C)(=O)=O. The number of hydrogen-bond donors (Lipinski definition) is 1. The molecular formula is C24H28Cl5N3O4S. The van der Waals surface area contributed by atoms with Crippen molar-refractivity contribution in [2.24, 2.45) is 0 Å². The van der Waals surface area contributed by atoms with Gasteiger partial charge in [-0.15, -0.1) is 0 Å². The maximum Gasteiger partial charge on any atom is 0.244 e. The first kappa shape index (κ1) is 31.8. The highest BCUT2D eigenvalue weighted by molar-refractivity contribution is 7.92. The van der Waals surface area contributed by atoms with Gasteiger partial charge in [-0.1, -0.05) is 84.3 Å². The maximum atomic E-state index is 13.7. The third-order valence-electron chi connectivity index (χ3n) is 5.49. The average molecular weight is 632 g/mol. The van der Waals surface area contributed by atoms with E-state index in [4.69, 9.17) is 58.0 Å². The average Bonchev–Trinajstić information content (AvgIpc) is 2.81. The van der Waals surface area contributed by atoms with Gasteiger partial charge in [-0.05, 0) is 42.7 Å². The van der Waals surface area contributed by atoms with Crippen LogP contribution in [0, 0.1) is 0 Å². The standard InChI is InChI=1S/C24H28Cl5N3O4S/c1-4-6-9-30-24(34)21(5-2)31(13-15-7-8-16(25)17(26)10-15)23(33)14-32(37(3,35)36)22-12-19(28)18(27)11-20(22)29/h7-8,10-12,21H,4-6,9,13-14H2,1-3H3,(H,30,34)/t21-/m0/s1. The third-order valence-corrected chi connectivity index (χ3v) is 8.38. The minimum Gasteiger partial charge on any atom is -0.354 e. The Morgan fingerprint density at radius 1 is 0.919 bits per heavy atom. The molecule has 37 heavy (non-hydrogen) atoms. The van der Waals surface area contributed by atoms with Crippen LogP contribution in [0.15, 0.2) is 30.3 Å². The van der Waals surface area contributed by atoms with Gasteiger partial charge in [-0.3, -0.25) is 13.9 Å². The van der Waals surface area contributed by atoms with E-state index in [1.54, 1.807) is 25.1 Å². The molecule has 2 aromatic rings. The first-order valence-electron chi connectivity index (χ1n) is 11.4. The van der Waals surface area contributed by atoms with Gasteiger partial charge in [0.25, 0.3) is 0 Å². The Hall–Kier alpha value is -1.42. The largest absolute Gasteiger partial charge is 0.354 e. The van der Waals surface area contributed by atoms with Crippen molar-refractivity contribution in [1.82, 2.24) is 10.2 Å². The number of carbonyl (C=O) groups excluding carboxylic acids is 2. The number of unbranched alkanes of at least 4 members (excludes halogenated alkanes) is 1. The summed E-state index contributed by atoms with van der Waals surface area (Å²) >= 11 is 30.6. The predicted molar refractivity (Wildman–Crippen MR) is 153 cm³/mol. The summed E-state index contributed by atoms with van der Waals surface area (Å²) in [5, 5.41) is 3.66. The highest BCUT2D eigenvalue weighted by Crippen LogP contribution is 2.35. The lowest BCUT2D eigenvalue weighted by Crippen LogP contribution is -2.52. The van der Waals surface area contributed by atoms with Gasteiger partial charge in [0.1, 0.15) is 12.6 Å². The van der Waals surface area contributed by atoms with Crippen LogP contribution >= 0.6 is 58.0 Å². The van der Waals surface area contributed by atoms with Crippen molar-refractivity contribution in [3.63, 3.8) is 0 Å². The van der Waals surface area contributed by atoms with E-state index >= 15 is 0 Å². The van der Waals surface area contributed by atoms with Crippen LogP contribution in [0.1, 0.15) is 38.7 Å². The van der Waals surface area contributed by atoms with Crippen LogP contribution in [-0.2, 0) is 26.2 Å². The van der Waals surface area contributed by atoms with Crippen molar-refractivity contribution in [2.45, 2.75) is 45.7 Å². The second kappa shape index (κ2) is 14.1. The molecule has 0 bridgehead atoms. The van der Waals surface area contributed by atoms with Gasteiger partial charge in [0.05, 0.1) is 37.1 Å². The molecule has 0 aliphatic rings. The lowest BCUT2D eigenvalue weighted by atomic mass is 10.1. The lowest BCUT2D eigenvalue weighted by Gasteiger charge is -2.33. The van der Waals surface area contributed by atoms with Crippen molar-refractivity contribution in [3.05, 3.63) is 61.0 Å². The molecule has 0 unspecified atom stereocenters. The van der Waals surface area contributed by atoms with Crippen molar-refractivity contribution < 1.29 is 18.0 Å². The van der Waals surface area contributed by atoms with E-state index in [0.717, 1.165) is 23.4 Å². The highest BCUT2D eigenvalue weighted by atomic mass is 35.5. The van der Waals surface area contributed by atoms with E-state index in [2.05, 4.69) is 5.32 Å². The number of benzene rings is 2. The number of sulfonamides is 1. The summed E-state index contributed by atoms with van der Waals surface area (Å²) in [5.74, 6) is -0.973. The van der Waals surface area contributed by atoms with E-state index in [1.165, 1.54) is 17.0 Å². The number of nitrogens with one attached hydrogen (secondary N) is 1. The molecule has 7 nitrogen and oxygen atoms in total. The van der Waals surface area contributed by atoms with Crippen LogP contribution in [0.25, 0.3) is 0 Å². The molecule has 2 aromatic carbocycles. The predicted octanol–water partition coefficient (Wildman–Crippen LogP) is 6.44. The topological polar surface area (TPSA) is 86.8 Å². The van der Waals surface area contributed by atoms with E-state index in [1.807, 2.05) is 6.92 Å². The molecule has 2 rings (SSSR count). The van der Waals surface area contributed by atoms with Gasteiger partial charge >= 0.3 is 0 Å². The molecule has 204 valence electrons. The first-order valence-corrected chi connectivity index (χ1v) is 15.2. The summed E-state index contributed by atoms with van der Waals surface area (Å²) in [6.07, 6.45) is 2.89. The van der Waals surface area contributed by atoms with Gasteiger partial charge in [0, 0.05) is 13.1 Å². The Bertz CT molecular complexity index is 1240. The van der Waals surface area contributed by atoms with Gasteiger partial charge in [0.2, 0.25) is 21.8 Å². The van der Waals surface area contributed by atoms with E-state index in [-0.39, 0.29) is 44.7 Å². The van der Waals surface area contributed by atoms with Gasteiger partial charge in [-0.2, -0.15) is 0 Å². The quantitative estimate of drug-likeness (QED) is 0.216. The molecule has 0 saturated carbocycles. The van der Waals surface area contributed by atoms with Crippen LogP contribution in [0.4, 0.5) is 5.69 Å². The Morgan fingerprint density at radius 2 is 1.54 bits per heavy atom. The summed E-state index contributed by atoms with van der Waals surface area (Å²) in [6, 6.07) is 6.56. The van der Waals surface area contributed by atoms with Crippen LogP contribution in [-0.4, -0.2) is 50.5 Å². The van der Waals surface area contributed by atoms with E-state index in [9.17, 15) is 18.0 Å². The summed E-state index contributed by atoms with van der Waals surface area (Å²) < 4.78 is 26.3. The minimum atomic E-state index is -3.99. The summed E-state index contributed by atoms with van der Waals surface area (Å²) in [4.78, 5) is 28.1. The molecule has 0 spiro atoms. The number of nitrogens with zero attached hydrogens (tertiary/aromatic N) is 2. The molecule has 13 heteroatoms. The molecule has 0 saturated heterocycles. The zero-order chi connectivity index (χ0) is 27.9. The Morgan fingerprint density at radius 3 is 2.11 bits per heavy atom. The number of hydrogen-bond acceptors (Lipinski definition) is 4. The van der Waals surface area contributed by atoms with Crippen LogP contribution in [0.5, 0.6) is 0 Å². The lowest BCUT2D eigenvalue weighted by molar-refractivity contribution is -0.140. The van der Waals surface area contributed by atoms with Crippen LogP contribution < -0.4 is 9.62 Å². The molecule has 0 aromatic heterocycles. The number of amides is 2. The fraction of sp³-hybridized carbons (Fsp3) is 0.417. The third kappa shape index (κ3) is 8.80. The van der Waals surface area contributed by atoms with E-state index in [0.29, 0.717) is 17.1 Å². The zero-order valence-corrected chi connectivity index (χ0v) is 25.1. The molecule has 1 atom stereocenters. The fourth-order valence-corrected chi connectivity index (χ4v) is 5.43. The number of rotatable bonds is 12. The fourth-order valence-electron chi connectivity index (χ4n) is 3.56. The van der Waals surface area contributed by atoms with E-state index < -0.39 is 28.5 Å². The van der Waals surface area contributed by atoms with Crippen molar-refractivity contribution in [1.29, 1.82) is 0 Å². The molecule has 0 radical (unpaired) electrons. The Balaban J connectivity index is 2.49. The minimum absolute atomic E-state index is 0.00647. The Kier molecular flexibility index (Phi) is 12.1. The second-order valence-electron chi connectivity index (χ2n) is 8.33. The molecule has 0 aliphatic heterocycles. The number of carbonyl (C=O) groups is 2. The normalized spacial score (nSPS) is 12.2. The molecule has 0 heterocycles. The maximum absolute atomic E-state index is 13.7. The first-order chi connectivity index (χ1) is 17.3. The number of halogens is 5. The van der Waals surface area contributed by atoms with Crippen LogP contribution in [0.2, 0.25) is 25.1 Å². The number of anilines is 1. The molecule has 1 N–H and O–H groups in total. The van der Waals surface area contributed by atoms with Gasteiger partial charge in [-0.25, -0.2) is 8.42 Å². The van der Waals surface area contributed by atoms with Crippen molar-refractivity contribution in [3.8, 4) is 0 Å². The van der Waals surface area contributed by atoms with Crippen molar-refractivity contribution in [2.75, 3.05) is 23.7 Å². The zero-order valence-electron chi connectivity index (χ0n) is 20.5. The summed E-state index contributed by atoms with van der Waals surface area (Å²) in [6.45, 7) is 3.58. The van der Waals surface area contributed by atoms with Gasteiger partial charge < -0.3 is 10.2 Å². The highest BCUT2D eigenvalue weighted by Gasteiger charge is 2.32. The molecule has 2 amide bonds. The molecule has 0 fully saturated rings. The van der Waals surface area contributed by atoms with Crippen molar-refractivity contribution >= 4 is 85.5 Å². The summed E-state index contributed by atoms with van der Waals surface area (Å²) in [7, 11) is -3.99.